The topological polar surface area (TPSA) is 50.4 Å². The van der Waals surface area contributed by atoms with Gasteiger partial charge in [-0.25, -0.2) is 0 Å². The van der Waals surface area contributed by atoms with Crippen molar-refractivity contribution in [1.82, 2.24) is 5.32 Å². The molecule has 3 nitrogen and oxygen atoms in total. The zero-order valence-electron chi connectivity index (χ0n) is 13.4. The molecule has 0 amide bonds. The fourth-order valence-corrected chi connectivity index (χ4v) is 3.43. The van der Waals surface area contributed by atoms with Crippen LogP contribution in [-0.2, 0) is 6.18 Å². The molecule has 0 atom stereocenters. The molecule has 2 fully saturated rings. The molecule has 134 valence electrons. The highest BCUT2D eigenvalue weighted by atomic mass is 127. The molecular formula is C17H23F3IN3. The van der Waals surface area contributed by atoms with Gasteiger partial charge < -0.3 is 11.1 Å². The Morgan fingerprint density at radius 3 is 2.21 bits per heavy atom. The predicted molar refractivity (Wildman–Crippen MR) is 99.6 cm³/mol. The van der Waals surface area contributed by atoms with Crippen molar-refractivity contribution in [1.29, 1.82) is 0 Å². The second-order valence-corrected chi connectivity index (χ2v) is 6.58. The molecule has 0 heterocycles. The first kappa shape index (κ1) is 19.3. The van der Waals surface area contributed by atoms with Crippen LogP contribution in [0.2, 0.25) is 0 Å². The summed E-state index contributed by atoms with van der Waals surface area (Å²) in [6.07, 6.45) is 2.16. The Balaban J connectivity index is 0.00000208. The molecule has 0 saturated heterocycles. The second-order valence-electron chi connectivity index (χ2n) is 6.58. The molecule has 0 radical (unpaired) electrons. The van der Waals surface area contributed by atoms with Crippen molar-refractivity contribution < 1.29 is 13.2 Å². The second kappa shape index (κ2) is 7.93. The lowest BCUT2D eigenvalue weighted by Gasteiger charge is -2.36. The van der Waals surface area contributed by atoms with Gasteiger partial charge in [-0.05, 0) is 49.3 Å². The largest absolute Gasteiger partial charge is 0.416 e. The Kier molecular flexibility index (Phi) is 6.39. The number of guanidine groups is 1. The van der Waals surface area contributed by atoms with Crippen molar-refractivity contribution in [2.45, 2.75) is 62.7 Å². The van der Waals surface area contributed by atoms with Gasteiger partial charge in [0.2, 0.25) is 0 Å². The van der Waals surface area contributed by atoms with Crippen LogP contribution >= 0.6 is 24.0 Å². The standard InChI is InChI=1S/C17H22F3N3.HI/c18-17(19,20)13-7-5-11(6-8-13)12-9-15(10-12)23-16(21)22-14-3-1-2-4-14;/h5-8,12,14-15H,1-4,9-10H2,(H3,21,22,23);1H. The Bertz CT molecular complexity index is 559. The summed E-state index contributed by atoms with van der Waals surface area (Å²) in [5.41, 5.74) is 6.30. The van der Waals surface area contributed by atoms with Gasteiger partial charge in [-0.2, -0.15) is 13.2 Å². The van der Waals surface area contributed by atoms with E-state index >= 15 is 0 Å². The molecule has 0 unspecified atom stereocenters. The van der Waals surface area contributed by atoms with Gasteiger partial charge in [-0.3, -0.25) is 4.99 Å². The van der Waals surface area contributed by atoms with Gasteiger partial charge in [-0.15, -0.1) is 24.0 Å². The molecule has 1 aromatic rings. The van der Waals surface area contributed by atoms with Crippen LogP contribution in [0, 0.1) is 0 Å². The zero-order valence-corrected chi connectivity index (χ0v) is 15.7. The van der Waals surface area contributed by atoms with E-state index in [9.17, 15) is 13.2 Å². The maximum Gasteiger partial charge on any atom is 0.416 e. The summed E-state index contributed by atoms with van der Waals surface area (Å²) in [6, 6.07) is 6.11. The Morgan fingerprint density at radius 2 is 1.67 bits per heavy atom. The molecule has 7 heteroatoms. The van der Waals surface area contributed by atoms with E-state index in [1.165, 1.54) is 12.8 Å². The monoisotopic (exact) mass is 453 g/mol. The lowest BCUT2D eigenvalue weighted by atomic mass is 9.76. The summed E-state index contributed by atoms with van der Waals surface area (Å²) in [5.74, 6) is 0.807. The number of hydrogen-bond donors (Lipinski definition) is 2. The summed E-state index contributed by atoms with van der Waals surface area (Å²) >= 11 is 0. The maximum atomic E-state index is 12.6. The van der Waals surface area contributed by atoms with Crippen molar-refractivity contribution in [3.63, 3.8) is 0 Å². The molecular weight excluding hydrogens is 430 g/mol. The van der Waals surface area contributed by atoms with Crippen molar-refractivity contribution >= 4 is 29.9 Å². The molecule has 0 aromatic heterocycles. The quantitative estimate of drug-likeness (QED) is 0.405. The van der Waals surface area contributed by atoms with E-state index in [0.29, 0.717) is 17.9 Å². The lowest BCUT2D eigenvalue weighted by Crippen LogP contribution is -2.47. The van der Waals surface area contributed by atoms with Crippen LogP contribution in [0.15, 0.2) is 29.3 Å². The third kappa shape index (κ3) is 4.77. The number of benzene rings is 1. The third-order valence-electron chi connectivity index (χ3n) is 4.85. The molecule has 2 aliphatic carbocycles. The highest BCUT2D eigenvalue weighted by Gasteiger charge is 2.33. The normalized spacial score (nSPS) is 25.0. The molecule has 1 aromatic carbocycles. The lowest BCUT2D eigenvalue weighted by molar-refractivity contribution is -0.137. The number of nitrogens with zero attached hydrogens (tertiary/aromatic N) is 1. The van der Waals surface area contributed by atoms with Crippen LogP contribution in [0.5, 0.6) is 0 Å². The molecule has 0 aliphatic heterocycles. The van der Waals surface area contributed by atoms with Crippen molar-refractivity contribution in [3.8, 4) is 0 Å². The summed E-state index contributed by atoms with van der Waals surface area (Å²) in [6.45, 7) is 0. The molecule has 24 heavy (non-hydrogen) atoms. The minimum absolute atomic E-state index is 0. The zero-order chi connectivity index (χ0) is 16.4. The summed E-state index contributed by atoms with van der Waals surface area (Å²) in [5, 5.41) is 3.23. The van der Waals surface area contributed by atoms with Crippen LogP contribution in [0.25, 0.3) is 0 Å². The maximum absolute atomic E-state index is 12.6. The Labute approximate surface area is 157 Å². The van der Waals surface area contributed by atoms with Crippen LogP contribution in [0.4, 0.5) is 13.2 Å². The first-order valence-corrected chi connectivity index (χ1v) is 8.19. The molecule has 3 rings (SSSR count). The van der Waals surface area contributed by atoms with Crippen LogP contribution < -0.4 is 11.1 Å². The van der Waals surface area contributed by atoms with Gasteiger partial charge in [-0.1, -0.05) is 25.0 Å². The molecule has 3 N–H and O–H groups in total. The highest BCUT2D eigenvalue weighted by Crippen LogP contribution is 2.38. The number of halogens is 4. The average Bonchev–Trinajstić information content (AvgIpc) is 2.94. The van der Waals surface area contributed by atoms with Gasteiger partial charge in [0.25, 0.3) is 0 Å². The number of rotatable bonds is 3. The summed E-state index contributed by atoms with van der Waals surface area (Å²) in [7, 11) is 0. The fourth-order valence-electron chi connectivity index (χ4n) is 3.43. The highest BCUT2D eigenvalue weighted by molar-refractivity contribution is 14.0. The fraction of sp³-hybridized carbons (Fsp3) is 0.588. The number of nitrogens with two attached hydrogens (primary N) is 1. The Hall–Kier alpha value is -0.990. The van der Waals surface area contributed by atoms with E-state index in [4.69, 9.17) is 5.73 Å². The van der Waals surface area contributed by atoms with Crippen LogP contribution in [0.1, 0.15) is 55.6 Å². The van der Waals surface area contributed by atoms with Crippen LogP contribution in [0.3, 0.4) is 0 Å². The average molecular weight is 453 g/mol. The smallest absolute Gasteiger partial charge is 0.370 e. The van der Waals surface area contributed by atoms with Gasteiger partial charge >= 0.3 is 6.18 Å². The van der Waals surface area contributed by atoms with Gasteiger partial charge in [0.15, 0.2) is 5.96 Å². The molecule has 0 spiro atoms. The number of nitrogens with one attached hydrogen (secondary N) is 1. The van der Waals surface area contributed by atoms with Gasteiger partial charge in [0.05, 0.1) is 11.6 Å². The molecule has 2 aliphatic rings. The number of aliphatic imine (C=N–C) groups is 1. The minimum Gasteiger partial charge on any atom is -0.370 e. The SMILES string of the molecule is I.NC(=NC1CCCC1)NC1CC(c2ccc(C(F)(F)F)cc2)C1. The first-order chi connectivity index (χ1) is 10.9. The van der Waals surface area contributed by atoms with E-state index in [1.54, 1.807) is 12.1 Å². The van der Waals surface area contributed by atoms with Gasteiger partial charge in [0, 0.05) is 6.04 Å². The van der Waals surface area contributed by atoms with Crippen molar-refractivity contribution in [3.05, 3.63) is 35.4 Å². The van der Waals surface area contributed by atoms with Crippen molar-refractivity contribution in [2.75, 3.05) is 0 Å². The number of hydrogen-bond acceptors (Lipinski definition) is 1. The number of alkyl halides is 3. The molecule has 2 saturated carbocycles. The van der Waals surface area contributed by atoms with E-state index < -0.39 is 11.7 Å². The van der Waals surface area contributed by atoms with E-state index in [-0.39, 0.29) is 30.0 Å². The van der Waals surface area contributed by atoms with Gasteiger partial charge in [0.1, 0.15) is 0 Å². The predicted octanol–water partition coefficient (Wildman–Crippen LogP) is 4.42. The van der Waals surface area contributed by atoms with E-state index in [2.05, 4.69) is 10.3 Å². The Morgan fingerprint density at radius 1 is 1.08 bits per heavy atom. The third-order valence-corrected chi connectivity index (χ3v) is 4.85. The van der Waals surface area contributed by atoms with Crippen molar-refractivity contribution in [2.24, 2.45) is 10.7 Å². The van der Waals surface area contributed by atoms with E-state index in [0.717, 1.165) is 43.4 Å². The minimum atomic E-state index is -4.27. The van der Waals surface area contributed by atoms with E-state index in [1.807, 2.05) is 0 Å². The summed E-state index contributed by atoms with van der Waals surface area (Å²) < 4.78 is 37.7. The molecule has 0 bridgehead atoms. The van der Waals surface area contributed by atoms with Crippen LogP contribution in [-0.4, -0.2) is 18.0 Å². The first-order valence-electron chi connectivity index (χ1n) is 8.19. The summed E-state index contributed by atoms with van der Waals surface area (Å²) in [4.78, 5) is 4.49.